The van der Waals surface area contributed by atoms with E-state index in [1.54, 1.807) is 11.0 Å². The Balaban J connectivity index is 1.63. The Morgan fingerprint density at radius 1 is 1.17 bits per heavy atom. The highest BCUT2D eigenvalue weighted by Crippen LogP contribution is 2.21. The van der Waals surface area contributed by atoms with Gasteiger partial charge in [-0.2, -0.15) is 5.10 Å². The van der Waals surface area contributed by atoms with E-state index in [9.17, 15) is 4.79 Å². The van der Waals surface area contributed by atoms with Gasteiger partial charge in [0.15, 0.2) is 0 Å². The minimum absolute atomic E-state index is 0.0667. The average molecular weight is 328 g/mol. The van der Waals surface area contributed by atoms with Crippen molar-refractivity contribution in [3.8, 4) is 0 Å². The van der Waals surface area contributed by atoms with Crippen LogP contribution >= 0.6 is 0 Å². The van der Waals surface area contributed by atoms with Crippen LogP contribution in [-0.4, -0.2) is 56.7 Å². The molecule has 0 unspecified atom stereocenters. The molecule has 3 rings (SSSR count). The van der Waals surface area contributed by atoms with Gasteiger partial charge in [-0.25, -0.2) is 9.97 Å². The van der Waals surface area contributed by atoms with E-state index in [0.29, 0.717) is 11.7 Å². The van der Waals surface area contributed by atoms with Crippen molar-refractivity contribution in [3.05, 3.63) is 35.5 Å². The van der Waals surface area contributed by atoms with Crippen LogP contribution in [0.4, 0.5) is 5.82 Å². The lowest BCUT2D eigenvalue weighted by Gasteiger charge is -2.37. The predicted octanol–water partition coefficient (Wildman–Crippen LogP) is 1.57. The summed E-state index contributed by atoms with van der Waals surface area (Å²) < 4.78 is 1.67. The molecule has 24 heavy (non-hydrogen) atoms. The standard InChI is InChI=1S/C17H24N6O/c1-12-10-16(19-11-18-12)21(3)14-5-7-23(8-6-14)17(24)15-9-13(2)20-22(15)4/h9-11,14H,5-8H2,1-4H3. The number of amides is 1. The Bertz CT molecular complexity index is 732. The minimum atomic E-state index is 0.0667. The molecule has 0 aromatic carbocycles. The van der Waals surface area contributed by atoms with E-state index in [1.807, 2.05) is 37.9 Å². The summed E-state index contributed by atoms with van der Waals surface area (Å²) in [7, 11) is 3.88. The van der Waals surface area contributed by atoms with Crippen molar-refractivity contribution in [3.63, 3.8) is 0 Å². The Labute approximate surface area is 142 Å². The Morgan fingerprint density at radius 2 is 1.88 bits per heavy atom. The van der Waals surface area contributed by atoms with Crippen LogP contribution in [0.2, 0.25) is 0 Å². The smallest absolute Gasteiger partial charge is 0.272 e. The third-order valence-electron chi connectivity index (χ3n) is 4.67. The van der Waals surface area contributed by atoms with E-state index in [4.69, 9.17) is 0 Å². The number of aromatic nitrogens is 4. The molecule has 0 N–H and O–H groups in total. The van der Waals surface area contributed by atoms with Crippen LogP contribution in [0.1, 0.15) is 34.7 Å². The molecular weight excluding hydrogens is 304 g/mol. The van der Waals surface area contributed by atoms with Gasteiger partial charge < -0.3 is 9.80 Å². The van der Waals surface area contributed by atoms with E-state index in [1.165, 1.54) is 0 Å². The summed E-state index contributed by atoms with van der Waals surface area (Å²) in [6, 6.07) is 4.23. The van der Waals surface area contributed by atoms with Crippen LogP contribution in [0.25, 0.3) is 0 Å². The zero-order valence-electron chi connectivity index (χ0n) is 14.7. The van der Waals surface area contributed by atoms with Crippen molar-refractivity contribution in [2.24, 2.45) is 7.05 Å². The zero-order valence-corrected chi connectivity index (χ0v) is 14.7. The maximum absolute atomic E-state index is 12.7. The SMILES string of the molecule is Cc1cc(N(C)C2CCN(C(=O)c3cc(C)nn3C)CC2)ncn1. The van der Waals surface area contributed by atoms with Gasteiger partial charge in [0.2, 0.25) is 0 Å². The summed E-state index contributed by atoms with van der Waals surface area (Å²) in [5, 5.41) is 4.26. The fourth-order valence-electron chi connectivity index (χ4n) is 3.25. The molecule has 0 spiro atoms. The number of piperidine rings is 1. The first kappa shape index (κ1) is 16.4. The monoisotopic (exact) mass is 328 g/mol. The number of carbonyl (C=O) groups is 1. The van der Waals surface area contributed by atoms with Gasteiger partial charge in [-0.05, 0) is 32.8 Å². The predicted molar refractivity (Wildman–Crippen MR) is 92.0 cm³/mol. The minimum Gasteiger partial charge on any atom is -0.356 e. The third kappa shape index (κ3) is 3.25. The summed E-state index contributed by atoms with van der Waals surface area (Å²) in [6.07, 6.45) is 3.47. The maximum Gasteiger partial charge on any atom is 0.272 e. The Hall–Kier alpha value is -2.44. The van der Waals surface area contributed by atoms with E-state index >= 15 is 0 Å². The highest BCUT2D eigenvalue weighted by Gasteiger charge is 2.27. The fraction of sp³-hybridized carbons (Fsp3) is 0.529. The topological polar surface area (TPSA) is 67.2 Å². The molecule has 2 aromatic rings. The van der Waals surface area contributed by atoms with Gasteiger partial charge in [-0.3, -0.25) is 9.48 Å². The van der Waals surface area contributed by atoms with E-state index in [0.717, 1.165) is 43.1 Å². The van der Waals surface area contributed by atoms with Gasteiger partial charge in [0.05, 0.1) is 5.69 Å². The number of aryl methyl sites for hydroxylation is 3. The second kappa shape index (κ2) is 6.59. The highest BCUT2D eigenvalue weighted by molar-refractivity contribution is 5.92. The summed E-state index contributed by atoms with van der Waals surface area (Å²) in [4.78, 5) is 25.3. The maximum atomic E-state index is 12.7. The third-order valence-corrected chi connectivity index (χ3v) is 4.67. The Morgan fingerprint density at radius 3 is 2.46 bits per heavy atom. The van der Waals surface area contributed by atoms with E-state index in [-0.39, 0.29) is 5.91 Å². The van der Waals surface area contributed by atoms with Crippen molar-refractivity contribution in [2.45, 2.75) is 32.7 Å². The number of hydrogen-bond acceptors (Lipinski definition) is 5. The lowest BCUT2D eigenvalue weighted by molar-refractivity contribution is 0.0702. The number of hydrogen-bond donors (Lipinski definition) is 0. The van der Waals surface area contributed by atoms with Gasteiger partial charge in [0.1, 0.15) is 17.8 Å². The molecule has 2 aromatic heterocycles. The quantitative estimate of drug-likeness (QED) is 0.855. The van der Waals surface area contributed by atoms with E-state index in [2.05, 4.69) is 27.0 Å². The summed E-state index contributed by atoms with van der Waals surface area (Å²) in [6.45, 7) is 5.38. The molecular formula is C17H24N6O. The average Bonchev–Trinajstić information content (AvgIpc) is 2.92. The highest BCUT2D eigenvalue weighted by atomic mass is 16.2. The number of nitrogens with zero attached hydrogens (tertiary/aromatic N) is 6. The van der Waals surface area contributed by atoms with Crippen LogP contribution in [0, 0.1) is 13.8 Å². The van der Waals surface area contributed by atoms with Crippen molar-refractivity contribution < 1.29 is 4.79 Å². The van der Waals surface area contributed by atoms with Crippen molar-refractivity contribution >= 4 is 11.7 Å². The molecule has 1 saturated heterocycles. The molecule has 1 aliphatic heterocycles. The van der Waals surface area contributed by atoms with Crippen molar-refractivity contribution in [1.82, 2.24) is 24.6 Å². The Kier molecular flexibility index (Phi) is 4.51. The molecule has 7 nitrogen and oxygen atoms in total. The lowest BCUT2D eigenvalue weighted by atomic mass is 10.0. The number of carbonyl (C=O) groups excluding carboxylic acids is 1. The molecule has 128 valence electrons. The summed E-state index contributed by atoms with van der Waals surface area (Å²) in [5.41, 5.74) is 2.49. The van der Waals surface area contributed by atoms with Gasteiger partial charge in [-0.15, -0.1) is 0 Å². The fourth-order valence-corrected chi connectivity index (χ4v) is 3.25. The number of rotatable bonds is 3. The molecule has 0 bridgehead atoms. The van der Waals surface area contributed by atoms with Crippen molar-refractivity contribution in [2.75, 3.05) is 25.0 Å². The van der Waals surface area contributed by atoms with Gasteiger partial charge in [0.25, 0.3) is 5.91 Å². The molecule has 1 aliphatic rings. The molecule has 0 atom stereocenters. The van der Waals surface area contributed by atoms with Crippen LogP contribution in [0.5, 0.6) is 0 Å². The molecule has 0 aliphatic carbocycles. The molecule has 1 fully saturated rings. The molecule has 7 heteroatoms. The van der Waals surface area contributed by atoms with Crippen LogP contribution in [0.3, 0.4) is 0 Å². The van der Waals surface area contributed by atoms with Crippen LogP contribution in [-0.2, 0) is 7.05 Å². The molecule has 0 radical (unpaired) electrons. The first-order valence-corrected chi connectivity index (χ1v) is 8.27. The molecule has 0 saturated carbocycles. The summed E-state index contributed by atoms with van der Waals surface area (Å²) >= 11 is 0. The first-order valence-electron chi connectivity index (χ1n) is 8.27. The number of likely N-dealkylation sites (tertiary alicyclic amines) is 1. The van der Waals surface area contributed by atoms with E-state index < -0.39 is 0 Å². The van der Waals surface area contributed by atoms with Gasteiger partial charge >= 0.3 is 0 Å². The largest absolute Gasteiger partial charge is 0.356 e. The second-order valence-corrected chi connectivity index (χ2v) is 6.45. The van der Waals surface area contributed by atoms with Crippen LogP contribution in [0.15, 0.2) is 18.5 Å². The summed E-state index contributed by atoms with van der Waals surface area (Å²) in [5.74, 6) is 1.01. The molecule has 3 heterocycles. The van der Waals surface area contributed by atoms with Crippen LogP contribution < -0.4 is 4.90 Å². The molecule has 1 amide bonds. The zero-order chi connectivity index (χ0) is 17.3. The lowest BCUT2D eigenvalue weighted by Crippen LogP contribution is -2.46. The first-order chi connectivity index (χ1) is 11.5. The second-order valence-electron chi connectivity index (χ2n) is 6.45. The van der Waals surface area contributed by atoms with Gasteiger partial charge in [0, 0.05) is 45.0 Å². The number of anilines is 1. The van der Waals surface area contributed by atoms with Gasteiger partial charge in [-0.1, -0.05) is 0 Å². The normalized spacial score (nSPS) is 15.6. The van der Waals surface area contributed by atoms with Crippen molar-refractivity contribution in [1.29, 1.82) is 0 Å².